The van der Waals surface area contributed by atoms with Gasteiger partial charge in [0.2, 0.25) is 11.6 Å². The lowest BCUT2D eigenvalue weighted by Crippen LogP contribution is -2.71. The number of aliphatic hydroxyl groups excluding tert-OH is 2. The molecule has 3 aliphatic rings. The number of carbonyl (C=O) groups excluding carboxylic acids is 2. The van der Waals surface area contributed by atoms with Gasteiger partial charge in [-0.3, -0.25) is 9.59 Å². The van der Waals surface area contributed by atoms with Crippen molar-refractivity contribution in [1.82, 2.24) is 0 Å². The minimum atomic E-state index is -2.23. The van der Waals surface area contributed by atoms with Crippen molar-refractivity contribution in [3.8, 4) is 0 Å². The summed E-state index contributed by atoms with van der Waals surface area (Å²) < 4.78 is 10.3. The van der Waals surface area contributed by atoms with Crippen LogP contribution in [0.1, 0.15) is 0 Å². The third-order valence-electron chi connectivity index (χ3n) is 3.58. The average molecular weight is 284 g/mol. The first kappa shape index (κ1) is 13.6. The highest BCUT2D eigenvalue weighted by Crippen LogP contribution is 2.41. The van der Waals surface area contributed by atoms with Crippen LogP contribution in [0.25, 0.3) is 0 Å². The first-order valence-electron chi connectivity index (χ1n) is 5.89. The van der Waals surface area contributed by atoms with Crippen LogP contribution in [-0.4, -0.2) is 68.0 Å². The van der Waals surface area contributed by atoms with Crippen LogP contribution in [0.5, 0.6) is 0 Å². The SMILES string of the molecule is O=C1C=CC2(O)OC3C(O)C(=O)C=CC3(O)OC2C1O. The minimum absolute atomic E-state index is 0.721. The molecule has 0 saturated carbocycles. The Morgan fingerprint density at radius 1 is 0.850 bits per heavy atom. The molecule has 1 heterocycles. The molecule has 0 amide bonds. The van der Waals surface area contributed by atoms with Crippen molar-refractivity contribution in [3.05, 3.63) is 24.3 Å². The Kier molecular flexibility index (Phi) is 2.74. The number of fused-ring (bicyclic) bond motifs is 2. The molecular weight excluding hydrogens is 272 g/mol. The van der Waals surface area contributed by atoms with E-state index >= 15 is 0 Å². The van der Waals surface area contributed by atoms with E-state index in [0.29, 0.717) is 0 Å². The largest absolute Gasteiger partial charge is 0.382 e. The smallest absolute Gasteiger partial charge is 0.216 e. The summed E-state index contributed by atoms with van der Waals surface area (Å²) in [6.45, 7) is 0. The summed E-state index contributed by atoms with van der Waals surface area (Å²) in [5.41, 5.74) is 0. The molecule has 3 rings (SSSR count). The molecule has 1 saturated heterocycles. The lowest BCUT2D eigenvalue weighted by Gasteiger charge is -2.52. The normalized spacial score (nSPS) is 50.8. The third-order valence-corrected chi connectivity index (χ3v) is 3.58. The summed E-state index contributed by atoms with van der Waals surface area (Å²) in [6.07, 6.45) is -2.93. The van der Waals surface area contributed by atoms with Crippen LogP contribution in [0.4, 0.5) is 0 Å². The third kappa shape index (κ3) is 1.71. The van der Waals surface area contributed by atoms with Crippen molar-refractivity contribution in [2.24, 2.45) is 0 Å². The quantitative estimate of drug-likeness (QED) is 0.373. The molecule has 20 heavy (non-hydrogen) atoms. The van der Waals surface area contributed by atoms with Crippen LogP contribution in [0, 0.1) is 0 Å². The van der Waals surface area contributed by atoms with Gasteiger partial charge in [0.25, 0.3) is 0 Å². The Balaban J connectivity index is 2.03. The highest BCUT2D eigenvalue weighted by Gasteiger charge is 2.62. The van der Waals surface area contributed by atoms with Gasteiger partial charge in [0, 0.05) is 0 Å². The fraction of sp³-hybridized carbons (Fsp3) is 0.500. The average Bonchev–Trinajstić information content (AvgIpc) is 2.41. The second-order valence-corrected chi connectivity index (χ2v) is 4.94. The predicted molar refractivity (Wildman–Crippen MR) is 60.0 cm³/mol. The molecule has 0 aromatic carbocycles. The van der Waals surface area contributed by atoms with Crippen molar-refractivity contribution in [2.45, 2.75) is 36.0 Å². The van der Waals surface area contributed by atoms with E-state index < -0.39 is 47.6 Å². The van der Waals surface area contributed by atoms with Gasteiger partial charge in [-0.05, 0) is 24.3 Å². The number of hydrogen-bond donors (Lipinski definition) is 4. The zero-order valence-electron chi connectivity index (χ0n) is 10.0. The molecule has 1 fully saturated rings. The van der Waals surface area contributed by atoms with E-state index in [1.165, 1.54) is 0 Å². The molecule has 108 valence electrons. The molecule has 0 spiro atoms. The van der Waals surface area contributed by atoms with Crippen molar-refractivity contribution in [2.75, 3.05) is 0 Å². The maximum absolute atomic E-state index is 11.4. The van der Waals surface area contributed by atoms with Crippen molar-refractivity contribution >= 4 is 11.6 Å². The van der Waals surface area contributed by atoms with Crippen LogP contribution in [0.3, 0.4) is 0 Å². The number of aliphatic hydroxyl groups is 4. The maximum Gasteiger partial charge on any atom is 0.216 e. The first-order valence-corrected chi connectivity index (χ1v) is 5.89. The molecule has 2 aliphatic carbocycles. The fourth-order valence-electron chi connectivity index (χ4n) is 2.46. The molecule has 4 N–H and O–H groups in total. The zero-order valence-corrected chi connectivity index (χ0v) is 10.0. The minimum Gasteiger partial charge on any atom is -0.382 e. The van der Waals surface area contributed by atoms with Crippen molar-refractivity contribution < 1.29 is 39.5 Å². The van der Waals surface area contributed by atoms with E-state index in [4.69, 9.17) is 9.47 Å². The number of ketones is 2. The van der Waals surface area contributed by atoms with Gasteiger partial charge < -0.3 is 29.9 Å². The summed E-state index contributed by atoms with van der Waals surface area (Å²) in [4.78, 5) is 22.8. The maximum atomic E-state index is 11.4. The lowest BCUT2D eigenvalue weighted by molar-refractivity contribution is -0.411. The molecule has 0 aromatic heterocycles. The van der Waals surface area contributed by atoms with Crippen LogP contribution in [-0.2, 0) is 19.1 Å². The molecule has 0 aromatic rings. The van der Waals surface area contributed by atoms with E-state index in [9.17, 15) is 30.0 Å². The van der Waals surface area contributed by atoms with E-state index in [0.717, 1.165) is 24.3 Å². The Labute approximate surface area is 112 Å². The second kappa shape index (κ2) is 4.04. The van der Waals surface area contributed by atoms with Gasteiger partial charge in [0.05, 0.1) is 0 Å². The van der Waals surface area contributed by atoms with Gasteiger partial charge in [-0.2, -0.15) is 0 Å². The second-order valence-electron chi connectivity index (χ2n) is 4.94. The van der Waals surface area contributed by atoms with Gasteiger partial charge in [-0.25, -0.2) is 0 Å². The summed E-state index contributed by atoms with van der Waals surface area (Å²) >= 11 is 0. The predicted octanol–water partition coefficient (Wildman–Crippen LogP) is -2.85. The summed E-state index contributed by atoms with van der Waals surface area (Å²) in [6, 6.07) is 0. The van der Waals surface area contributed by atoms with E-state index in [1.54, 1.807) is 0 Å². The van der Waals surface area contributed by atoms with Gasteiger partial charge in [0.1, 0.15) is 12.2 Å². The van der Waals surface area contributed by atoms with Gasteiger partial charge in [-0.1, -0.05) is 0 Å². The van der Waals surface area contributed by atoms with Crippen molar-refractivity contribution in [1.29, 1.82) is 0 Å². The van der Waals surface area contributed by atoms with Crippen LogP contribution < -0.4 is 0 Å². The van der Waals surface area contributed by atoms with Crippen LogP contribution in [0.2, 0.25) is 0 Å². The topological polar surface area (TPSA) is 134 Å². The van der Waals surface area contributed by atoms with Gasteiger partial charge in [-0.15, -0.1) is 0 Å². The molecular formula is C12H12O8. The zero-order chi connectivity index (χ0) is 14.7. The number of carbonyl (C=O) groups is 2. The Morgan fingerprint density at radius 2 is 1.20 bits per heavy atom. The summed E-state index contributed by atoms with van der Waals surface area (Å²) in [7, 11) is 0. The molecule has 0 bridgehead atoms. The number of hydrogen-bond acceptors (Lipinski definition) is 8. The van der Waals surface area contributed by atoms with E-state index in [2.05, 4.69) is 0 Å². The van der Waals surface area contributed by atoms with Gasteiger partial charge in [0.15, 0.2) is 23.8 Å². The Bertz CT molecular complexity index is 492. The molecule has 0 radical (unpaired) electrons. The van der Waals surface area contributed by atoms with Crippen molar-refractivity contribution in [3.63, 3.8) is 0 Å². The number of ether oxygens (including phenoxy) is 2. The van der Waals surface area contributed by atoms with Gasteiger partial charge >= 0.3 is 0 Å². The molecule has 8 heteroatoms. The number of rotatable bonds is 0. The highest BCUT2D eigenvalue weighted by atomic mass is 16.7. The molecule has 6 atom stereocenters. The molecule has 8 nitrogen and oxygen atoms in total. The Hall–Kier alpha value is -1.42. The van der Waals surface area contributed by atoms with Crippen LogP contribution >= 0.6 is 0 Å². The monoisotopic (exact) mass is 284 g/mol. The summed E-state index contributed by atoms with van der Waals surface area (Å²) in [5, 5.41) is 39.9. The van der Waals surface area contributed by atoms with E-state index in [1.807, 2.05) is 0 Å². The lowest BCUT2D eigenvalue weighted by atomic mass is 9.87. The van der Waals surface area contributed by atoms with Crippen LogP contribution in [0.15, 0.2) is 24.3 Å². The molecule has 1 aliphatic heterocycles. The first-order chi connectivity index (χ1) is 9.27. The standard InChI is InChI=1S/C12H12O8/c13-5-1-3-11(17)9(7(5)15)20-12(18)4-2-6(14)8(16)10(12)19-11/h1-4,7-10,15-18H. The molecule has 6 unspecified atom stereocenters. The highest BCUT2D eigenvalue weighted by molar-refractivity contribution is 5.96. The Morgan fingerprint density at radius 3 is 1.55 bits per heavy atom. The summed E-state index contributed by atoms with van der Waals surface area (Å²) in [5.74, 6) is -5.89. The fourth-order valence-corrected chi connectivity index (χ4v) is 2.46. The van der Waals surface area contributed by atoms with E-state index in [-0.39, 0.29) is 0 Å².